The van der Waals surface area contributed by atoms with Gasteiger partial charge < -0.3 is 10.2 Å². The Bertz CT molecular complexity index is 430. The Morgan fingerprint density at radius 3 is 2.72 bits per heavy atom. The summed E-state index contributed by atoms with van der Waals surface area (Å²) >= 11 is 3.22. The van der Waals surface area contributed by atoms with Crippen molar-refractivity contribution < 1.29 is 4.39 Å². The zero-order valence-electron chi connectivity index (χ0n) is 10.1. The van der Waals surface area contributed by atoms with E-state index in [4.69, 9.17) is 0 Å². The van der Waals surface area contributed by atoms with Crippen LogP contribution in [0.2, 0.25) is 0 Å². The first-order chi connectivity index (χ1) is 8.74. The molecule has 0 saturated carbocycles. The summed E-state index contributed by atoms with van der Waals surface area (Å²) in [6.07, 6.45) is 1.65. The second-order valence-corrected chi connectivity index (χ2v) is 5.72. The molecule has 0 amide bonds. The largest absolute Gasteiger partial charge is 0.351 e. The normalized spacial score (nSPS) is 22.0. The molecule has 6 heteroatoms. The lowest BCUT2D eigenvalue weighted by molar-refractivity contribution is 0.146. The monoisotopic (exact) mass is 314 g/mol. The number of halogens is 2. The van der Waals surface area contributed by atoms with Crippen LogP contribution in [0.1, 0.15) is 0 Å². The van der Waals surface area contributed by atoms with Crippen molar-refractivity contribution in [2.24, 2.45) is 0 Å². The van der Waals surface area contributed by atoms with Gasteiger partial charge in [-0.2, -0.15) is 0 Å². The van der Waals surface area contributed by atoms with E-state index in [9.17, 15) is 4.39 Å². The Balaban J connectivity index is 1.61. The molecule has 2 aliphatic rings. The number of hydrogen-bond donors (Lipinski definition) is 1. The van der Waals surface area contributed by atoms with E-state index in [1.54, 1.807) is 6.20 Å². The summed E-state index contributed by atoms with van der Waals surface area (Å²) in [6, 6.07) is 2.03. The van der Waals surface area contributed by atoms with Crippen molar-refractivity contribution in [1.82, 2.24) is 15.2 Å². The van der Waals surface area contributed by atoms with E-state index in [2.05, 4.69) is 31.1 Å². The fourth-order valence-corrected chi connectivity index (χ4v) is 2.85. The number of nitrogens with one attached hydrogen (secondary N) is 1. The molecule has 0 atom stereocenters. The van der Waals surface area contributed by atoms with Crippen LogP contribution in [0, 0.1) is 5.82 Å². The zero-order valence-corrected chi connectivity index (χ0v) is 11.7. The Kier molecular flexibility index (Phi) is 3.50. The summed E-state index contributed by atoms with van der Waals surface area (Å²) in [4.78, 5) is 8.64. The third-order valence-electron chi connectivity index (χ3n) is 3.62. The highest BCUT2D eigenvalue weighted by Gasteiger charge is 2.34. The second kappa shape index (κ2) is 5.11. The molecule has 2 saturated heterocycles. The third kappa shape index (κ3) is 2.37. The van der Waals surface area contributed by atoms with E-state index in [1.807, 2.05) is 4.90 Å². The molecule has 1 aromatic heterocycles. The standard InChI is InChI=1S/C12H16BrFN4/c13-9-5-11(14)12(16-6-9)18-7-10(8-18)17-3-1-15-2-4-17/h5-6,10,15H,1-4,7-8H2. The van der Waals surface area contributed by atoms with Crippen molar-refractivity contribution in [2.75, 3.05) is 44.2 Å². The van der Waals surface area contributed by atoms with Gasteiger partial charge in [0.05, 0.1) is 0 Å². The van der Waals surface area contributed by atoms with Crippen molar-refractivity contribution in [3.8, 4) is 0 Å². The molecule has 0 spiro atoms. The van der Waals surface area contributed by atoms with Gasteiger partial charge in [0.15, 0.2) is 11.6 Å². The van der Waals surface area contributed by atoms with Gasteiger partial charge >= 0.3 is 0 Å². The predicted molar refractivity (Wildman–Crippen MR) is 72.3 cm³/mol. The van der Waals surface area contributed by atoms with Crippen molar-refractivity contribution in [1.29, 1.82) is 0 Å². The maximum Gasteiger partial charge on any atom is 0.166 e. The molecular weight excluding hydrogens is 299 g/mol. The van der Waals surface area contributed by atoms with Gasteiger partial charge in [0.1, 0.15) is 0 Å². The predicted octanol–water partition coefficient (Wildman–Crippen LogP) is 1.08. The van der Waals surface area contributed by atoms with Crippen LogP contribution in [0.15, 0.2) is 16.7 Å². The number of rotatable bonds is 2. The molecule has 98 valence electrons. The molecular formula is C12H16BrFN4. The molecule has 0 aromatic carbocycles. The smallest absolute Gasteiger partial charge is 0.166 e. The Morgan fingerprint density at radius 1 is 1.33 bits per heavy atom. The van der Waals surface area contributed by atoms with Crippen LogP contribution in [0.25, 0.3) is 0 Å². The van der Waals surface area contributed by atoms with Gasteiger partial charge in [-0.3, -0.25) is 4.90 Å². The van der Waals surface area contributed by atoms with Crippen LogP contribution in [0.5, 0.6) is 0 Å². The van der Waals surface area contributed by atoms with Crippen molar-refractivity contribution in [3.63, 3.8) is 0 Å². The number of pyridine rings is 1. The van der Waals surface area contributed by atoms with Crippen LogP contribution >= 0.6 is 15.9 Å². The average Bonchev–Trinajstić information content (AvgIpc) is 2.31. The van der Waals surface area contributed by atoms with Crippen LogP contribution in [0.4, 0.5) is 10.2 Å². The number of anilines is 1. The molecule has 0 aliphatic carbocycles. The molecule has 0 radical (unpaired) electrons. The first-order valence-corrected chi connectivity index (χ1v) is 7.04. The highest BCUT2D eigenvalue weighted by atomic mass is 79.9. The summed E-state index contributed by atoms with van der Waals surface area (Å²) in [7, 11) is 0. The lowest BCUT2D eigenvalue weighted by atomic mass is 10.1. The van der Waals surface area contributed by atoms with Gasteiger partial charge in [0.2, 0.25) is 0 Å². The lowest BCUT2D eigenvalue weighted by Gasteiger charge is -2.47. The molecule has 18 heavy (non-hydrogen) atoms. The fourth-order valence-electron chi connectivity index (χ4n) is 2.55. The van der Waals surface area contributed by atoms with Crippen molar-refractivity contribution in [3.05, 3.63) is 22.6 Å². The Labute approximate surface area is 114 Å². The summed E-state index contributed by atoms with van der Waals surface area (Å²) in [5.41, 5.74) is 0. The zero-order chi connectivity index (χ0) is 12.5. The van der Waals surface area contributed by atoms with Gasteiger partial charge in [-0.1, -0.05) is 0 Å². The molecule has 3 rings (SSSR count). The molecule has 1 N–H and O–H groups in total. The molecule has 2 aliphatic heterocycles. The van der Waals surface area contributed by atoms with Crippen LogP contribution in [0.3, 0.4) is 0 Å². The minimum absolute atomic E-state index is 0.247. The minimum atomic E-state index is -0.247. The topological polar surface area (TPSA) is 31.4 Å². The summed E-state index contributed by atoms with van der Waals surface area (Å²) in [5, 5.41) is 3.34. The summed E-state index contributed by atoms with van der Waals surface area (Å²) < 4.78 is 14.4. The SMILES string of the molecule is Fc1cc(Br)cnc1N1CC(N2CCNCC2)C1. The molecule has 3 heterocycles. The molecule has 4 nitrogen and oxygen atoms in total. The lowest BCUT2D eigenvalue weighted by Crippen LogP contribution is -2.63. The quantitative estimate of drug-likeness (QED) is 0.885. The van der Waals surface area contributed by atoms with E-state index >= 15 is 0 Å². The first-order valence-electron chi connectivity index (χ1n) is 6.25. The van der Waals surface area contributed by atoms with E-state index in [0.717, 1.165) is 39.3 Å². The average molecular weight is 315 g/mol. The Morgan fingerprint density at radius 2 is 2.06 bits per heavy atom. The van der Waals surface area contributed by atoms with Crippen LogP contribution in [-0.2, 0) is 0 Å². The third-order valence-corrected chi connectivity index (χ3v) is 4.05. The van der Waals surface area contributed by atoms with E-state index in [0.29, 0.717) is 16.3 Å². The van der Waals surface area contributed by atoms with Gasteiger partial charge in [0.25, 0.3) is 0 Å². The molecule has 0 bridgehead atoms. The first kappa shape index (κ1) is 12.3. The van der Waals surface area contributed by atoms with Crippen molar-refractivity contribution >= 4 is 21.7 Å². The number of hydrogen-bond acceptors (Lipinski definition) is 4. The molecule has 0 unspecified atom stereocenters. The van der Waals surface area contributed by atoms with E-state index in [1.165, 1.54) is 6.07 Å². The van der Waals surface area contributed by atoms with E-state index in [-0.39, 0.29) is 5.82 Å². The molecule has 2 fully saturated rings. The maximum absolute atomic E-state index is 13.7. The Hall–Kier alpha value is -0.720. The van der Waals surface area contributed by atoms with Gasteiger partial charge in [-0.25, -0.2) is 9.37 Å². The summed E-state index contributed by atoms with van der Waals surface area (Å²) in [5.74, 6) is 0.229. The van der Waals surface area contributed by atoms with Crippen LogP contribution in [-0.4, -0.2) is 55.2 Å². The highest BCUT2D eigenvalue weighted by molar-refractivity contribution is 9.10. The molecule has 1 aromatic rings. The van der Waals surface area contributed by atoms with Crippen LogP contribution < -0.4 is 10.2 Å². The maximum atomic E-state index is 13.7. The van der Waals surface area contributed by atoms with Gasteiger partial charge in [-0.05, 0) is 22.0 Å². The van der Waals surface area contributed by atoms with E-state index < -0.39 is 0 Å². The van der Waals surface area contributed by atoms with Crippen molar-refractivity contribution in [2.45, 2.75) is 6.04 Å². The van der Waals surface area contributed by atoms with Gasteiger partial charge in [0, 0.05) is 56.0 Å². The number of nitrogens with zero attached hydrogens (tertiary/aromatic N) is 3. The number of aromatic nitrogens is 1. The summed E-state index contributed by atoms with van der Waals surface area (Å²) in [6.45, 7) is 6.06. The number of piperazine rings is 1. The highest BCUT2D eigenvalue weighted by Crippen LogP contribution is 2.26. The minimum Gasteiger partial charge on any atom is -0.351 e. The fraction of sp³-hybridized carbons (Fsp3) is 0.583. The second-order valence-electron chi connectivity index (χ2n) is 4.80. The van der Waals surface area contributed by atoms with Gasteiger partial charge in [-0.15, -0.1) is 0 Å².